The first kappa shape index (κ1) is 17.1. The van der Waals surface area contributed by atoms with Crippen molar-refractivity contribution in [1.29, 1.82) is 0 Å². The molecule has 0 saturated carbocycles. The minimum Gasteiger partial charge on any atom is -0.350 e. The van der Waals surface area contributed by atoms with E-state index in [1.165, 1.54) is 12.1 Å². The van der Waals surface area contributed by atoms with Crippen LogP contribution in [-0.2, 0) is 22.6 Å². The summed E-state index contributed by atoms with van der Waals surface area (Å²) in [5, 5.41) is 2.85. The van der Waals surface area contributed by atoms with Gasteiger partial charge in [-0.05, 0) is 35.2 Å². The van der Waals surface area contributed by atoms with E-state index in [9.17, 15) is 14.0 Å². The maximum Gasteiger partial charge on any atom is 0.247 e. The molecule has 2 amide bonds. The van der Waals surface area contributed by atoms with E-state index in [0.29, 0.717) is 18.5 Å². The molecule has 1 aliphatic heterocycles. The van der Waals surface area contributed by atoms with Crippen molar-refractivity contribution in [1.82, 2.24) is 10.2 Å². The Morgan fingerprint density at radius 1 is 1.24 bits per heavy atom. The second-order valence-electron chi connectivity index (χ2n) is 6.21. The number of amides is 2. The Hall–Kier alpha value is -2.69. The third-order valence-corrected chi connectivity index (χ3v) is 4.39. The second-order valence-corrected chi connectivity index (χ2v) is 6.21. The lowest BCUT2D eigenvalue weighted by Gasteiger charge is -2.36. The van der Waals surface area contributed by atoms with Gasteiger partial charge in [0.15, 0.2) is 0 Å². The van der Waals surface area contributed by atoms with Gasteiger partial charge in [-0.2, -0.15) is 0 Å². The van der Waals surface area contributed by atoms with Gasteiger partial charge in [-0.25, -0.2) is 4.39 Å². The molecule has 0 bridgehead atoms. The lowest BCUT2D eigenvalue weighted by atomic mass is 9.91. The zero-order valence-corrected chi connectivity index (χ0v) is 14.2. The van der Waals surface area contributed by atoms with Gasteiger partial charge in [0.1, 0.15) is 11.9 Å². The molecule has 0 fully saturated rings. The van der Waals surface area contributed by atoms with Crippen LogP contribution in [0.3, 0.4) is 0 Å². The summed E-state index contributed by atoms with van der Waals surface area (Å²) < 4.78 is 13.3. The van der Waals surface area contributed by atoms with Gasteiger partial charge in [-0.15, -0.1) is 0 Å². The van der Waals surface area contributed by atoms with Crippen molar-refractivity contribution < 1.29 is 14.0 Å². The Balaban J connectivity index is 1.83. The fourth-order valence-electron chi connectivity index (χ4n) is 3.25. The molecule has 130 valence electrons. The summed E-state index contributed by atoms with van der Waals surface area (Å²) >= 11 is 0. The van der Waals surface area contributed by atoms with Crippen LogP contribution in [0.25, 0.3) is 0 Å². The van der Waals surface area contributed by atoms with E-state index >= 15 is 0 Å². The number of benzene rings is 2. The molecule has 0 aliphatic carbocycles. The summed E-state index contributed by atoms with van der Waals surface area (Å²) in [6, 6.07) is 13.0. The fourth-order valence-corrected chi connectivity index (χ4v) is 3.25. The first-order valence-electron chi connectivity index (χ1n) is 8.49. The van der Waals surface area contributed by atoms with Crippen LogP contribution in [0.15, 0.2) is 48.5 Å². The molecule has 5 heteroatoms. The molecule has 1 atom stereocenters. The summed E-state index contributed by atoms with van der Waals surface area (Å²) in [6.45, 7) is 2.74. The Bertz CT molecular complexity index is 791. The van der Waals surface area contributed by atoms with Gasteiger partial charge in [-0.1, -0.05) is 43.3 Å². The van der Waals surface area contributed by atoms with Crippen LogP contribution in [0.4, 0.5) is 4.39 Å². The van der Waals surface area contributed by atoms with Crippen LogP contribution in [0.5, 0.6) is 0 Å². The molecule has 0 aromatic heterocycles. The Morgan fingerprint density at radius 3 is 2.80 bits per heavy atom. The lowest BCUT2D eigenvalue weighted by Crippen LogP contribution is -2.47. The third kappa shape index (κ3) is 3.71. The smallest absolute Gasteiger partial charge is 0.247 e. The van der Waals surface area contributed by atoms with Gasteiger partial charge in [0.05, 0.1) is 6.42 Å². The summed E-state index contributed by atoms with van der Waals surface area (Å²) in [5.41, 5.74) is 2.45. The molecule has 1 heterocycles. The highest BCUT2D eigenvalue weighted by Crippen LogP contribution is 2.30. The lowest BCUT2D eigenvalue weighted by molar-refractivity contribution is -0.141. The third-order valence-electron chi connectivity index (χ3n) is 4.39. The molecule has 2 aromatic rings. The van der Waals surface area contributed by atoms with Crippen LogP contribution < -0.4 is 5.32 Å². The summed E-state index contributed by atoms with van der Waals surface area (Å²) in [6.07, 6.45) is 1.10. The van der Waals surface area contributed by atoms with Crippen LogP contribution in [0.1, 0.15) is 36.1 Å². The normalized spacial score (nSPS) is 16.5. The summed E-state index contributed by atoms with van der Waals surface area (Å²) in [4.78, 5) is 27.0. The summed E-state index contributed by atoms with van der Waals surface area (Å²) in [5.74, 6) is -0.609. The minimum atomic E-state index is -0.633. The molecule has 2 aromatic carbocycles. The van der Waals surface area contributed by atoms with E-state index in [2.05, 4.69) is 5.32 Å². The first-order chi connectivity index (χ1) is 12.1. The largest absolute Gasteiger partial charge is 0.350 e. The van der Waals surface area contributed by atoms with E-state index in [4.69, 9.17) is 0 Å². The van der Waals surface area contributed by atoms with Crippen LogP contribution in [0.2, 0.25) is 0 Å². The number of hydrogen-bond acceptors (Lipinski definition) is 2. The molecule has 0 radical (unpaired) electrons. The number of fused-ring (bicyclic) bond motifs is 1. The summed E-state index contributed by atoms with van der Waals surface area (Å²) in [7, 11) is 0. The minimum absolute atomic E-state index is 0.0357. The molecule has 0 unspecified atom stereocenters. The molecular formula is C20H21FN2O2. The Kier molecular flexibility index (Phi) is 5.12. The number of nitrogens with one attached hydrogen (secondary N) is 1. The van der Waals surface area contributed by atoms with Gasteiger partial charge in [0.2, 0.25) is 11.8 Å². The fraction of sp³-hybridized carbons (Fsp3) is 0.300. The molecule has 1 aliphatic rings. The zero-order chi connectivity index (χ0) is 17.8. The molecule has 0 spiro atoms. The highest BCUT2D eigenvalue weighted by atomic mass is 19.1. The van der Waals surface area contributed by atoms with E-state index in [1.807, 2.05) is 31.2 Å². The predicted molar refractivity (Wildman–Crippen MR) is 93.1 cm³/mol. The molecule has 4 nitrogen and oxygen atoms in total. The number of halogens is 1. The van der Waals surface area contributed by atoms with Crippen LogP contribution in [-0.4, -0.2) is 23.3 Å². The van der Waals surface area contributed by atoms with E-state index in [1.54, 1.807) is 17.0 Å². The van der Waals surface area contributed by atoms with E-state index in [-0.39, 0.29) is 24.2 Å². The van der Waals surface area contributed by atoms with Gasteiger partial charge in [0.25, 0.3) is 0 Å². The number of nitrogens with zero attached hydrogens (tertiary/aromatic N) is 1. The Morgan fingerprint density at radius 2 is 2.04 bits per heavy atom. The highest BCUT2D eigenvalue weighted by molar-refractivity contribution is 5.92. The maximum absolute atomic E-state index is 13.3. The Labute approximate surface area is 146 Å². The van der Waals surface area contributed by atoms with Crippen LogP contribution >= 0.6 is 0 Å². The average Bonchev–Trinajstić information content (AvgIpc) is 2.60. The first-order valence-corrected chi connectivity index (χ1v) is 8.49. The number of carbonyl (C=O) groups excluding carboxylic acids is 2. The quantitative estimate of drug-likeness (QED) is 0.910. The predicted octanol–water partition coefficient (Wildman–Crippen LogP) is 2.98. The van der Waals surface area contributed by atoms with Crippen molar-refractivity contribution in [2.45, 2.75) is 32.4 Å². The second kappa shape index (κ2) is 7.47. The van der Waals surface area contributed by atoms with E-state index in [0.717, 1.165) is 17.5 Å². The van der Waals surface area contributed by atoms with Crippen LogP contribution in [0, 0.1) is 5.82 Å². The maximum atomic E-state index is 13.3. The topological polar surface area (TPSA) is 49.4 Å². The molecule has 1 N–H and O–H groups in total. The zero-order valence-electron chi connectivity index (χ0n) is 14.2. The van der Waals surface area contributed by atoms with Crippen molar-refractivity contribution in [3.05, 3.63) is 71.0 Å². The molecular weight excluding hydrogens is 319 g/mol. The van der Waals surface area contributed by atoms with E-state index < -0.39 is 6.04 Å². The van der Waals surface area contributed by atoms with Gasteiger partial charge < -0.3 is 10.2 Å². The van der Waals surface area contributed by atoms with Crippen molar-refractivity contribution in [2.75, 3.05) is 6.54 Å². The SMILES string of the molecule is CCCN1C(=O)Cc2ccccc2[C@@H]1C(=O)NCc1cccc(F)c1. The molecule has 3 rings (SSSR count). The molecule has 0 saturated heterocycles. The van der Waals surface area contributed by atoms with Gasteiger partial charge >= 0.3 is 0 Å². The number of rotatable bonds is 5. The monoisotopic (exact) mass is 340 g/mol. The van der Waals surface area contributed by atoms with Gasteiger partial charge in [-0.3, -0.25) is 9.59 Å². The average molecular weight is 340 g/mol. The highest BCUT2D eigenvalue weighted by Gasteiger charge is 2.36. The number of hydrogen-bond donors (Lipinski definition) is 1. The van der Waals surface area contributed by atoms with Crippen molar-refractivity contribution in [2.24, 2.45) is 0 Å². The van der Waals surface area contributed by atoms with Crippen molar-refractivity contribution in [3.8, 4) is 0 Å². The molecule has 25 heavy (non-hydrogen) atoms. The van der Waals surface area contributed by atoms with Gasteiger partial charge in [0, 0.05) is 13.1 Å². The van der Waals surface area contributed by atoms with Crippen molar-refractivity contribution >= 4 is 11.8 Å². The standard InChI is InChI=1S/C20H21FN2O2/c1-2-10-23-18(24)12-15-7-3-4-9-17(15)19(23)20(25)22-13-14-6-5-8-16(21)11-14/h3-9,11,19H,2,10,12-13H2,1H3,(H,22,25)/t19-/m1/s1. The van der Waals surface area contributed by atoms with Crippen molar-refractivity contribution in [3.63, 3.8) is 0 Å². The number of carbonyl (C=O) groups is 2.